The van der Waals surface area contributed by atoms with Crippen LogP contribution in [-0.4, -0.2) is 24.4 Å². The average molecular weight is 391 g/mol. The largest absolute Gasteiger partial charge is 0.482 e. The summed E-state index contributed by atoms with van der Waals surface area (Å²) in [6, 6.07) is 5.77. The Morgan fingerprint density at radius 2 is 2.16 bits per heavy atom. The highest BCUT2D eigenvalue weighted by Crippen LogP contribution is 2.35. The van der Waals surface area contributed by atoms with Crippen LogP contribution in [0.4, 0.5) is 5.69 Å². The summed E-state index contributed by atoms with van der Waals surface area (Å²) < 4.78 is 6.43. The lowest BCUT2D eigenvalue weighted by atomic mass is 9.97. The maximum atomic E-state index is 12.1. The molecule has 0 saturated carbocycles. The van der Waals surface area contributed by atoms with Crippen molar-refractivity contribution in [3.63, 3.8) is 0 Å². The van der Waals surface area contributed by atoms with Gasteiger partial charge in [-0.05, 0) is 30.0 Å². The number of ether oxygens (including phenoxy) is 1. The number of carbonyl (C=O) groups excluding carboxylic acids is 1. The molecule has 19 heavy (non-hydrogen) atoms. The van der Waals surface area contributed by atoms with Gasteiger partial charge in [0.05, 0.1) is 5.69 Å². The van der Waals surface area contributed by atoms with Crippen molar-refractivity contribution in [1.29, 1.82) is 0 Å². The number of hydrogen-bond acceptors (Lipinski definition) is 2. The predicted octanol–water partition coefficient (Wildman–Crippen LogP) is 3.84. The van der Waals surface area contributed by atoms with Crippen molar-refractivity contribution in [1.82, 2.24) is 0 Å². The number of hydrogen-bond donors (Lipinski definition) is 0. The Morgan fingerprint density at radius 3 is 2.79 bits per heavy atom. The van der Waals surface area contributed by atoms with Crippen LogP contribution >= 0.6 is 31.9 Å². The number of rotatable bonds is 4. The molecule has 0 aromatic heterocycles. The van der Waals surface area contributed by atoms with Crippen LogP contribution < -0.4 is 9.64 Å². The van der Waals surface area contributed by atoms with Gasteiger partial charge in [0.15, 0.2) is 6.61 Å². The van der Waals surface area contributed by atoms with E-state index in [1.807, 2.05) is 23.1 Å². The molecule has 1 aromatic rings. The van der Waals surface area contributed by atoms with Crippen LogP contribution in [0, 0.1) is 11.8 Å². The van der Waals surface area contributed by atoms with Crippen LogP contribution in [0.15, 0.2) is 22.7 Å². The maximum absolute atomic E-state index is 12.1. The van der Waals surface area contributed by atoms with E-state index in [0.717, 1.165) is 21.2 Å². The number of benzene rings is 1. The zero-order valence-corrected chi connectivity index (χ0v) is 14.2. The fraction of sp³-hybridized carbons (Fsp3) is 0.500. The Morgan fingerprint density at radius 1 is 1.42 bits per heavy atom. The summed E-state index contributed by atoms with van der Waals surface area (Å²) in [7, 11) is 0. The van der Waals surface area contributed by atoms with E-state index >= 15 is 0 Å². The number of anilines is 1. The van der Waals surface area contributed by atoms with Crippen LogP contribution in [0.1, 0.15) is 13.8 Å². The van der Waals surface area contributed by atoms with E-state index in [-0.39, 0.29) is 12.5 Å². The minimum Gasteiger partial charge on any atom is -0.482 e. The first-order chi connectivity index (χ1) is 9.02. The van der Waals surface area contributed by atoms with E-state index in [4.69, 9.17) is 4.74 Å². The monoisotopic (exact) mass is 389 g/mol. The molecule has 2 rings (SSSR count). The van der Waals surface area contributed by atoms with Crippen LogP contribution in [0.25, 0.3) is 0 Å². The molecule has 1 aromatic carbocycles. The number of fused-ring (bicyclic) bond motifs is 1. The fourth-order valence-electron chi connectivity index (χ4n) is 2.05. The summed E-state index contributed by atoms with van der Waals surface area (Å²) >= 11 is 6.99. The Hall–Kier alpha value is -0.550. The van der Waals surface area contributed by atoms with E-state index in [1.165, 1.54) is 0 Å². The third kappa shape index (κ3) is 3.31. The normalized spacial score (nSPS) is 16.3. The molecule has 0 radical (unpaired) electrons. The first-order valence-electron chi connectivity index (χ1n) is 6.31. The standard InChI is InChI=1S/C14H17Br2NO2/c1-9(2)10(6-15)7-17-12-5-11(16)3-4-13(12)19-8-14(17)18/h3-5,9-10H,6-8H2,1-2H3. The van der Waals surface area contributed by atoms with Gasteiger partial charge in [0.1, 0.15) is 5.75 Å². The van der Waals surface area contributed by atoms with E-state index in [0.29, 0.717) is 18.4 Å². The molecule has 0 aliphatic carbocycles. The quantitative estimate of drug-likeness (QED) is 0.731. The third-order valence-electron chi connectivity index (χ3n) is 3.42. The molecule has 1 unspecified atom stereocenters. The lowest BCUT2D eigenvalue weighted by molar-refractivity contribution is -0.121. The topological polar surface area (TPSA) is 29.5 Å². The SMILES string of the molecule is CC(C)C(CBr)CN1C(=O)COc2ccc(Br)cc21. The molecule has 0 saturated heterocycles. The summed E-state index contributed by atoms with van der Waals surface area (Å²) in [6.07, 6.45) is 0. The third-order valence-corrected chi connectivity index (χ3v) is 4.75. The van der Waals surface area contributed by atoms with Crippen LogP contribution in [-0.2, 0) is 4.79 Å². The summed E-state index contributed by atoms with van der Waals surface area (Å²) in [5.74, 6) is 1.75. The fourth-order valence-corrected chi connectivity index (χ4v) is 3.35. The van der Waals surface area contributed by atoms with Gasteiger partial charge >= 0.3 is 0 Å². The van der Waals surface area contributed by atoms with Crippen molar-refractivity contribution in [2.24, 2.45) is 11.8 Å². The lowest BCUT2D eigenvalue weighted by Gasteiger charge is -2.33. The first kappa shape index (κ1) is 14.9. The Balaban J connectivity index is 2.29. The van der Waals surface area contributed by atoms with Gasteiger partial charge in [-0.25, -0.2) is 0 Å². The van der Waals surface area contributed by atoms with E-state index in [1.54, 1.807) is 0 Å². The predicted molar refractivity (Wildman–Crippen MR) is 84.1 cm³/mol. The summed E-state index contributed by atoms with van der Waals surface area (Å²) in [4.78, 5) is 14.0. The molecule has 1 atom stereocenters. The zero-order valence-electron chi connectivity index (χ0n) is 11.0. The number of nitrogens with zero attached hydrogens (tertiary/aromatic N) is 1. The molecule has 1 heterocycles. The molecule has 1 aliphatic heterocycles. The Bertz CT molecular complexity index is 477. The molecule has 104 valence electrons. The number of halogens is 2. The highest BCUT2D eigenvalue weighted by Gasteiger charge is 2.28. The van der Waals surface area contributed by atoms with Gasteiger partial charge in [-0.3, -0.25) is 4.79 Å². The summed E-state index contributed by atoms with van der Waals surface area (Å²) in [6.45, 7) is 5.20. The molecule has 0 N–H and O–H groups in total. The Labute approximate surface area is 130 Å². The van der Waals surface area contributed by atoms with Crippen LogP contribution in [0.2, 0.25) is 0 Å². The van der Waals surface area contributed by atoms with Gasteiger partial charge in [0, 0.05) is 16.3 Å². The van der Waals surface area contributed by atoms with Gasteiger partial charge in [0.25, 0.3) is 5.91 Å². The van der Waals surface area contributed by atoms with Crippen molar-refractivity contribution >= 4 is 43.5 Å². The molecule has 1 aliphatic rings. The van der Waals surface area contributed by atoms with E-state index in [9.17, 15) is 4.79 Å². The molecule has 5 heteroatoms. The van der Waals surface area contributed by atoms with E-state index < -0.39 is 0 Å². The minimum atomic E-state index is 0.0252. The van der Waals surface area contributed by atoms with Gasteiger partial charge in [-0.15, -0.1) is 0 Å². The molecular formula is C14H17Br2NO2. The molecule has 0 bridgehead atoms. The first-order valence-corrected chi connectivity index (χ1v) is 8.23. The number of amides is 1. The smallest absolute Gasteiger partial charge is 0.265 e. The van der Waals surface area contributed by atoms with Crippen molar-refractivity contribution in [2.45, 2.75) is 13.8 Å². The number of alkyl halides is 1. The second kappa shape index (κ2) is 6.27. The zero-order chi connectivity index (χ0) is 14.0. The Kier molecular flexibility index (Phi) is 4.90. The summed E-state index contributed by atoms with van der Waals surface area (Å²) in [5.41, 5.74) is 0.859. The van der Waals surface area contributed by atoms with Gasteiger partial charge in [0.2, 0.25) is 0 Å². The summed E-state index contributed by atoms with van der Waals surface area (Å²) in [5, 5.41) is 0.888. The maximum Gasteiger partial charge on any atom is 0.265 e. The van der Waals surface area contributed by atoms with Crippen LogP contribution in [0.5, 0.6) is 5.75 Å². The second-order valence-electron chi connectivity index (χ2n) is 5.06. The van der Waals surface area contributed by atoms with E-state index in [2.05, 4.69) is 45.7 Å². The van der Waals surface area contributed by atoms with Crippen molar-refractivity contribution < 1.29 is 9.53 Å². The van der Waals surface area contributed by atoms with Gasteiger partial charge in [-0.2, -0.15) is 0 Å². The highest BCUT2D eigenvalue weighted by atomic mass is 79.9. The van der Waals surface area contributed by atoms with Crippen molar-refractivity contribution in [3.05, 3.63) is 22.7 Å². The van der Waals surface area contributed by atoms with Crippen molar-refractivity contribution in [3.8, 4) is 5.75 Å². The van der Waals surface area contributed by atoms with Crippen molar-refractivity contribution in [2.75, 3.05) is 23.4 Å². The molecule has 0 spiro atoms. The average Bonchev–Trinajstić information content (AvgIpc) is 2.37. The second-order valence-corrected chi connectivity index (χ2v) is 6.63. The lowest BCUT2D eigenvalue weighted by Crippen LogP contribution is -2.43. The van der Waals surface area contributed by atoms with Gasteiger partial charge < -0.3 is 9.64 Å². The highest BCUT2D eigenvalue weighted by molar-refractivity contribution is 9.10. The molecule has 0 fully saturated rings. The molecule has 1 amide bonds. The van der Waals surface area contributed by atoms with Gasteiger partial charge in [-0.1, -0.05) is 45.7 Å². The molecular weight excluding hydrogens is 374 g/mol. The number of carbonyl (C=O) groups is 1. The minimum absolute atomic E-state index is 0.0252. The van der Waals surface area contributed by atoms with Crippen LogP contribution in [0.3, 0.4) is 0 Å². The molecule has 3 nitrogen and oxygen atoms in total.